The van der Waals surface area contributed by atoms with Crippen molar-refractivity contribution in [3.05, 3.63) is 77.3 Å². The average molecular weight is 445 g/mol. The number of halogens is 1. The molecule has 156 valence electrons. The Morgan fingerprint density at radius 3 is 2.63 bits per heavy atom. The van der Waals surface area contributed by atoms with Crippen molar-refractivity contribution >= 4 is 27.5 Å². The van der Waals surface area contributed by atoms with Gasteiger partial charge in [-0.2, -0.15) is 4.31 Å². The summed E-state index contributed by atoms with van der Waals surface area (Å²) < 4.78 is 29.1. The molecule has 1 saturated heterocycles. The maximum absolute atomic E-state index is 12.9. The molecule has 9 heteroatoms. The van der Waals surface area contributed by atoms with Crippen molar-refractivity contribution in [2.24, 2.45) is 0 Å². The van der Waals surface area contributed by atoms with E-state index in [0.717, 1.165) is 24.1 Å². The molecule has 2 heterocycles. The fourth-order valence-electron chi connectivity index (χ4n) is 3.50. The molecule has 30 heavy (non-hydrogen) atoms. The molecule has 0 bridgehead atoms. The molecule has 0 radical (unpaired) electrons. The summed E-state index contributed by atoms with van der Waals surface area (Å²) in [6.45, 7) is 1.23. The number of aromatic nitrogens is 2. The van der Waals surface area contributed by atoms with Crippen molar-refractivity contribution in [1.82, 2.24) is 19.2 Å². The van der Waals surface area contributed by atoms with Gasteiger partial charge in [-0.3, -0.25) is 4.79 Å². The van der Waals surface area contributed by atoms with E-state index in [1.807, 2.05) is 35.0 Å². The van der Waals surface area contributed by atoms with Crippen molar-refractivity contribution in [1.29, 1.82) is 0 Å². The van der Waals surface area contributed by atoms with Gasteiger partial charge in [-0.25, -0.2) is 13.4 Å². The van der Waals surface area contributed by atoms with Gasteiger partial charge >= 0.3 is 0 Å². The molecule has 1 aromatic heterocycles. The standard InChI is InChI=1S/C21H21ClN4O3S/c22-18-8-7-16(13-20(18)30(28,29)26-10-3-4-11-26)21(27)24-14-17-5-1-2-6-19(17)25-12-9-23-15-25/h1-2,5-9,12-13,15H,3-4,10-11,14H2,(H,24,27). The van der Waals surface area contributed by atoms with Crippen LogP contribution in [0.25, 0.3) is 5.69 Å². The van der Waals surface area contributed by atoms with E-state index in [1.165, 1.54) is 22.5 Å². The number of carbonyl (C=O) groups is 1. The molecule has 0 saturated carbocycles. The fraction of sp³-hybridized carbons (Fsp3) is 0.238. The molecule has 4 rings (SSSR count). The van der Waals surface area contributed by atoms with E-state index in [-0.39, 0.29) is 27.9 Å². The highest BCUT2D eigenvalue weighted by Crippen LogP contribution is 2.28. The molecule has 2 aromatic carbocycles. The number of sulfonamides is 1. The Labute approximate surface area is 180 Å². The van der Waals surface area contributed by atoms with Gasteiger partial charge in [0.15, 0.2) is 0 Å². The van der Waals surface area contributed by atoms with Gasteiger partial charge in [0.05, 0.1) is 17.0 Å². The van der Waals surface area contributed by atoms with Gasteiger partial charge in [0, 0.05) is 37.6 Å². The molecule has 1 N–H and O–H groups in total. The van der Waals surface area contributed by atoms with E-state index >= 15 is 0 Å². The minimum atomic E-state index is -3.72. The highest BCUT2D eigenvalue weighted by molar-refractivity contribution is 7.89. The zero-order chi connectivity index (χ0) is 21.1. The summed E-state index contributed by atoms with van der Waals surface area (Å²) in [5.74, 6) is -0.370. The quantitative estimate of drug-likeness (QED) is 0.632. The molecule has 0 atom stereocenters. The largest absolute Gasteiger partial charge is 0.348 e. The highest BCUT2D eigenvalue weighted by Gasteiger charge is 2.29. The van der Waals surface area contributed by atoms with Gasteiger partial charge in [0.2, 0.25) is 10.0 Å². The van der Waals surface area contributed by atoms with Crippen LogP contribution < -0.4 is 5.32 Å². The first-order valence-corrected chi connectivity index (χ1v) is 11.4. The molecular weight excluding hydrogens is 424 g/mol. The van der Waals surface area contributed by atoms with Gasteiger partial charge in [0.1, 0.15) is 4.90 Å². The maximum Gasteiger partial charge on any atom is 0.251 e. The van der Waals surface area contributed by atoms with Crippen LogP contribution in [-0.4, -0.2) is 41.3 Å². The fourth-order valence-corrected chi connectivity index (χ4v) is 5.52. The molecule has 0 unspecified atom stereocenters. The zero-order valence-corrected chi connectivity index (χ0v) is 17.7. The topological polar surface area (TPSA) is 84.3 Å². The van der Waals surface area contributed by atoms with Crippen molar-refractivity contribution in [2.75, 3.05) is 13.1 Å². The second-order valence-corrected chi connectivity index (χ2v) is 9.35. The van der Waals surface area contributed by atoms with E-state index in [1.54, 1.807) is 12.5 Å². The Morgan fingerprint density at radius 1 is 1.13 bits per heavy atom. The van der Waals surface area contributed by atoms with Crippen LogP contribution in [0.2, 0.25) is 5.02 Å². The number of hydrogen-bond acceptors (Lipinski definition) is 4. The first kappa shape index (κ1) is 20.6. The Kier molecular flexibility index (Phi) is 5.90. The molecule has 0 spiro atoms. The number of nitrogens with zero attached hydrogens (tertiary/aromatic N) is 3. The van der Waals surface area contributed by atoms with Crippen LogP contribution in [-0.2, 0) is 16.6 Å². The van der Waals surface area contributed by atoms with Gasteiger partial charge in [-0.1, -0.05) is 29.8 Å². The molecule has 0 aliphatic carbocycles. The number of carbonyl (C=O) groups excluding carboxylic acids is 1. The molecule has 1 aliphatic rings. The summed E-state index contributed by atoms with van der Waals surface area (Å²) >= 11 is 6.17. The first-order chi connectivity index (χ1) is 14.5. The van der Waals surface area contributed by atoms with Crippen molar-refractivity contribution < 1.29 is 13.2 Å². The van der Waals surface area contributed by atoms with Crippen molar-refractivity contribution in [3.63, 3.8) is 0 Å². The lowest BCUT2D eigenvalue weighted by atomic mass is 10.1. The van der Waals surface area contributed by atoms with E-state index in [4.69, 9.17) is 11.6 Å². The second-order valence-electron chi connectivity index (χ2n) is 7.04. The molecule has 3 aromatic rings. The maximum atomic E-state index is 12.9. The van der Waals surface area contributed by atoms with Gasteiger partial charge in [-0.05, 0) is 42.7 Å². The summed E-state index contributed by atoms with van der Waals surface area (Å²) in [6.07, 6.45) is 6.86. The Bertz CT molecular complexity index is 1160. The SMILES string of the molecule is O=C(NCc1ccccc1-n1ccnc1)c1ccc(Cl)c(S(=O)(=O)N2CCCC2)c1. The number of nitrogens with one attached hydrogen (secondary N) is 1. The number of para-hydroxylation sites is 1. The average Bonchev–Trinajstić information content (AvgIpc) is 3.47. The Morgan fingerprint density at radius 2 is 1.90 bits per heavy atom. The predicted molar refractivity (Wildman–Crippen MR) is 114 cm³/mol. The Hall–Kier alpha value is -2.68. The lowest BCUT2D eigenvalue weighted by Gasteiger charge is -2.17. The van der Waals surface area contributed by atoms with E-state index in [0.29, 0.717) is 13.1 Å². The van der Waals surface area contributed by atoms with E-state index < -0.39 is 10.0 Å². The number of amides is 1. The highest BCUT2D eigenvalue weighted by atomic mass is 35.5. The lowest BCUT2D eigenvalue weighted by molar-refractivity contribution is 0.0950. The minimum Gasteiger partial charge on any atom is -0.348 e. The molecule has 1 aliphatic heterocycles. The van der Waals surface area contributed by atoms with Crippen molar-refractivity contribution in [3.8, 4) is 5.69 Å². The second kappa shape index (κ2) is 8.59. The smallest absolute Gasteiger partial charge is 0.251 e. The summed E-state index contributed by atoms with van der Waals surface area (Å²) in [7, 11) is -3.72. The predicted octanol–water partition coefficient (Wildman–Crippen LogP) is 3.24. The van der Waals surface area contributed by atoms with Crippen molar-refractivity contribution in [2.45, 2.75) is 24.3 Å². The summed E-state index contributed by atoms with van der Waals surface area (Å²) in [5, 5.41) is 2.98. The summed E-state index contributed by atoms with van der Waals surface area (Å²) in [5.41, 5.74) is 2.06. The van der Waals surface area contributed by atoms with Crippen LogP contribution in [0.15, 0.2) is 66.1 Å². The van der Waals surface area contributed by atoms with Crippen LogP contribution in [0.5, 0.6) is 0 Å². The van der Waals surface area contributed by atoms with E-state index in [9.17, 15) is 13.2 Å². The third-order valence-corrected chi connectivity index (χ3v) is 7.47. The number of benzene rings is 2. The van der Waals surface area contributed by atoms with Gasteiger partial charge < -0.3 is 9.88 Å². The van der Waals surface area contributed by atoms with Gasteiger partial charge in [0.25, 0.3) is 5.91 Å². The first-order valence-electron chi connectivity index (χ1n) is 9.61. The van der Waals surface area contributed by atoms with Gasteiger partial charge in [-0.15, -0.1) is 0 Å². The summed E-state index contributed by atoms with van der Waals surface area (Å²) in [4.78, 5) is 16.8. The van der Waals surface area contributed by atoms with E-state index in [2.05, 4.69) is 10.3 Å². The molecular formula is C21H21ClN4O3S. The molecule has 1 fully saturated rings. The number of hydrogen-bond donors (Lipinski definition) is 1. The lowest BCUT2D eigenvalue weighted by Crippen LogP contribution is -2.29. The number of rotatable bonds is 6. The minimum absolute atomic E-state index is 0.0301. The van der Waals surface area contributed by atoms with Crippen LogP contribution in [0.3, 0.4) is 0 Å². The van der Waals surface area contributed by atoms with Crippen LogP contribution in [0.1, 0.15) is 28.8 Å². The number of imidazole rings is 1. The zero-order valence-electron chi connectivity index (χ0n) is 16.2. The third-order valence-electron chi connectivity index (χ3n) is 5.09. The monoisotopic (exact) mass is 444 g/mol. The normalized spacial score (nSPS) is 14.7. The Balaban J connectivity index is 1.54. The summed E-state index contributed by atoms with van der Waals surface area (Å²) in [6, 6.07) is 12.0. The molecule has 7 nitrogen and oxygen atoms in total. The van der Waals surface area contributed by atoms with Crippen LogP contribution in [0, 0.1) is 0 Å². The van der Waals surface area contributed by atoms with Crippen LogP contribution in [0.4, 0.5) is 0 Å². The van der Waals surface area contributed by atoms with Crippen LogP contribution >= 0.6 is 11.6 Å². The third kappa shape index (κ3) is 4.12. The molecule has 1 amide bonds.